The zero-order chi connectivity index (χ0) is 11.3. The molecular weight excluding hydrogens is 192 g/mol. The van der Waals surface area contributed by atoms with Crippen LogP contribution in [-0.4, -0.2) is 18.2 Å². The van der Waals surface area contributed by atoms with E-state index in [2.05, 4.69) is 6.58 Å². The van der Waals surface area contributed by atoms with Gasteiger partial charge in [-0.05, 0) is 18.1 Å². The normalized spacial score (nSPS) is 9.67. The Balaban J connectivity index is 2.71. The zero-order valence-electron chi connectivity index (χ0n) is 8.69. The monoisotopic (exact) mass is 206 g/mol. The molecule has 0 aliphatic heterocycles. The lowest BCUT2D eigenvalue weighted by Gasteiger charge is -2.08. The number of carboxylic acids is 1. The summed E-state index contributed by atoms with van der Waals surface area (Å²) in [5, 5.41) is 8.60. The molecule has 3 nitrogen and oxygen atoms in total. The Bertz CT molecular complexity index is 369. The number of hydrogen-bond acceptors (Lipinski definition) is 2. The van der Waals surface area contributed by atoms with Crippen molar-refractivity contribution in [1.82, 2.24) is 0 Å². The lowest BCUT2D eigenvalue weighted by Crippen LogP contribution is -2.00. The van der Waals surface area contributed by atoms with Crippen molar-refractivity contribution in [2.45, 2.75) is 12.8 Å². The Morgan fingerprint density at radius 3 is 2.73 bits per heavy atom. The van der Waals surface area contributed by atoms with Gasteiger partial charge in [0, 0.05) is 0 Å². The summed E-state index contributed by atoms with van der Waals surface area (Å²) in [4.78, 5) is 10.5. The summed E-state index contributed by atoms with van der Waals surface area (Å²) in [6.45, 7) is 3.73. The summed E-state index contributed by atoms with van der Waals surface area (Å²) in [5.74, 6) is -0.0843. The van der Waals surface area contributed by atoms with Crippen LogP contribution in [-0.2, 0) is 11.2 Å². The van der Waals surface area contributed by atoms with E-state index in [1.807, 2.05) is 24.3 Å². The molecule has 0 saturated carbocycles. The van der Waals surface area contributed by atoms with Gasteiger partial charge in [-0.25, -0.2) is 0 Å². The highest BCUT2D eigenvalue weighted by atomic mass is 16.5. The molecule has 1 aromatic carbocycles. The first-order valence-electron chi connectivity index (χ1n) is 4.64. The van der Waals surface area contributed by atoms with Crippen molar-refractivity contribution < 1.29 is 14.6 Å². The average molecular weight is 206 g/mol. The van der Waals surface area contributed by atoms with E-state index >= 15 is 0 Å². The first-order chi connectivity index (χ1) is 7.13. The third kappa shape index (κ3) is 3.46. The van der Waals surface area contributed by atoms with Gasteiger partial charge in [0.05, 0.1) is 13.5 Å². The molecule has 0 aliphatic carbocycles. The number of hydrogen-bond donors (Lipinski definition) is 1. The summed E-state index contributed by atoms with van der Waals surface area (Å²) in [6.07, 6.45) is 0.536. The summed E-state index contributed by atoms with van der Waals surface area (Å²) in [6, 6.07) is 7.53. The van der Waals surface area contributed by atoms with Crippen LogP contribution in [0, 0.1) is 0 Å². The summed E-state index contributed by atoms with van der Waals surface area (Å²) >= 11 is 0. The molecule has 0 amide bonds. The van der Waals surface area contributed by atoms with Crippen LogP contribution in [0.25, 0.3) is 0 Å². The molecule has 0 spiro atoms. The molecule has 0 bridgehead atoms. The lowest BCUT2D eigenvalue weighted by atomic mass is 10.0. The van der Waals surface area contributed by atoms with Crippen LogP contribution in [0.2, 0.25) is 0 Å². The number of benzene rings is 1. The average Bonchev–Trinajstić information content (AvgIpc) is 2.17. The number of carboxylic acid groups (broad SMARTS) is 1. The van der Waals surface area contributed by atoms with Gasteiger partial charge in [-0.15, -0.1) is 0 Å². The minimum absolute atomic E-state index is 0.00194. The Kier molecular flexibility index (Phi) is 3.92. The van der Waals surface area contributed by atoms with E-state index in [0.29, 0.717) is 12.0 Å². The van der Waals surface area contributed by atoms with Crippen LogP contribution in [0.15, 0.2) is 36.4 Å². The fraction of sp³-hybridized carbons (Fsp3) is 0.250. The highest BCUT2D eigenvalue weighted by Gasteiger charge is 2.06. The first-order valence-corrected chi connectivity index (χ1v) is 4.64. The van der Waals surface area contributed by atoms with E-state index in [1.54, 1.807) is 7.11 Å². The molecule has 0 unspecified atom stereocenters. The third-order valence-corrected chi connectivity index (χ3v) is 2.03. The Hall–Kier alpha value is -1.77. The summed E-state index contributed by atoms with van der Waals surface area (Å²) in [7, 11) is 1.60. The maximum atomic E-state index is 10.5. The van der Waals surface area contributed by atoms with Crippen LogP contribution in [0.4, 0.5) is 0 Å². The molecule has 1 rings (SSSR count). The van der Waals surface area contributed by atoms with E-state index in [9.17, 15) is 4.79 Å². The van der Waals surface area contributed by atoms with Gasteiger partial charge < -0.3 is 9.84 Å². The van der Waals surface area contributed by atoms with E-state index < -0.39 is 5.97 Å². The number of para-hydroxylation sites is 1. The SMILES string of the molecule is C=C(CC(=O)O)Cc1ccccc1OC. The van der Waals surface area contributed by atoms with Gasteiger partial charge in [0.2, 0.25) is 0 Å². The molecule has 0 atom stereocenters. The highest BCUT2D eigenvalue weighted by molar-refractivity contribution is 5.70. The molecule has 0 heterocycles. The fourth-order valence-corrected chi connectivity index (χ4v) is 1.39. The third-order valence-electron chi connectivity index (χ3n) is 2.03. The Labute approximate surface area is 89.0 Å². The Morgan fingerprint density at radius 1 is 1.47 bits per heavy atom. The molecule has 0 aromatic heterocycles. The summed E-state index contributed by atoms with van der Waals surface area (Å²) < 4.78 is 5.16. The second kappa shape index (κ2) is 5.20. The number of rotatable bonds is 5. The highest BCUT2D eigenvalue weighted by Crippen LogP contribution is 2.20. The van der Waals surface area contributed by atoms with Gasteiger partial charge in [-0.1, -0.05) is 30.4 Å². The van der Waals surface area contributed by atoms with Crippen molar-refractivity contribution in [3.05, 3.63) is 42.0 Å². The second-order valence-corrected chi connectivity index (χ2v) is 3.31. The van der Waals surface area contributed by atoms with Crippen LogP contribution < -0.4 is 4.74 Å². The van der Waals surface area contributed by atoms with Crippen molar-refractivity contribution in [2.75, 3.05) is 7.11 Å². The van der Waals surface area contributed by atoms with Crippen molar-refractivity contribution in [3.63, 3.8) is 0 Å². The number of ether oxygens (including phenoxy) is 1. The van der Waals surface area contributed by atoms with Crippen LogP contribution in [0.1, 0.15) is 12.0 Å². The zero-order valence-corrected chi connectivity index (χ0v) is 8.69. The van der Waals surface area contributed by atoms with E-state index in [4.69, 9.17) is 9.84 Å². The quantitative estimate of drug-likeness (QED) is 0.752. The van der Waals surface area contributed by atoms with Crippen LogP contribution in [0.5, 0.6) is 5.75 Å². The van der Waals surface area contributed by atoms with Crippen LogP contribution >= 0.6 is 0 Å². The standard InChI is InChI=1S/C12H14O3/c1-9(8-12(13)14)7-10-5-3-4-6-11(10)15-2/h3-6H,1,7-8H2,2H3,(H,13,14). The minimum Gasteiger partial charge on any atom is -0.496 e. The van der Waals surface area contributed by atoms with Gasteiger partial charge in [-0.2, -0.15) is 0 Å². The smallest absolute Gasteiger partial charge is 0.307 e. The van der Waals surface area contributed by atoms with Crippen LogP contribution in [0.3, 0.4) is 0 Å². The molecule has 0 radical (unpaired) electrons. The second-order valence-electron chi connectivity index (χ2n) is 3.31. The van der Waals surface area contributed by atoms with Gasteiger partial charge in [0.25, 0.3) is 0 Å². The van der Waals surface area contributed by atoms with Gasteiger partial charge >= 0.3 is 5.97 Å². The minimum atomic E-state index is -0.852. The maximum absolute atomic E-state index is 10.5. The van der Waals surface area contributed by atoms with Crippen molar-refractivity contribution >= 4 is 5.97 Å². The molecule has 1 aromatic rings. The molecule has 15 heavy (non-hydrogen) atoms. The molecule has 0 fully saturated rings. The van der Waals surface area contributed by atoms with Crippen molar-refractivity contribution in [2.24, 2.45) is 0 Å². The largest absolute Gasteiger partial charge is 0.496 e. The molecule has 3 heteroatoms. The molecule has 1 N–H and O–H groups in total. The lowest BCUT2D eigenvalue weighted by molar-refractivity contribution is -0.136. The molecule has 0 aliphatic rings. The number of methoxy groups -OCH3 is 1. The molecule has 80 valence electrons. The van der Waals surface area contributed by atoms with Crippen molar-refractivity contribution in [1.29, 1.82) is 0 Å². The molecule has 0 saturated heterocycles. The van der Waals surface area contributed by atoms with E-state index in [0.717, 1.165) is 11.3 Å². The maximum Gasteiger partial charge on any atom is 0.307 e. The van der Waals surface area contributed by atoms with Gasteiger partial charge in [-0.3, -0.25) is 4.79 Å². The molecular formula is C12H14O3. The van der Waals surface area contributed by atoms with Gasteiger partial charge in [0.1, 0.15) is 5.75 Å². The topological polar surface area (TPSA) is 46.5 Å². The number of carbonyl (C=O) groups is 1. The number of aliphatic carboxylic acids is 1. The van der Waals surface area contributed by atoms with Crippen molar-refractivity contribution in [3.8, 4) is 5.75 Å². The first kappa shape index (κ1) is 11.3. The predicted octanol–water partition coefficient (Wildman–Crippen LogP) is 2.27. The van der Waals surface area contributed by atoms with E-state index in [-0.39, 0.29) is 6.42 Å². The predicted molar refractivity (Wildman–Crippen MR) is 58.1 cm³/mol. The van der Waals surface area contributed by atoms with E-state index in [1.165, 1.54) is 0 Å². The Morgan fingerprint density at radius 2 is 2.13 bits per heavy atom. The van der Waals surface area contributed by atoms with Gasteiger partial charge in [0.15, 0.2) is 0 Å². The summed E-state index contributed by atoms with van der Waals surface area (Å²) in [5.41, 5.74) is 1.64. The fourth-order valence-electron chi connectivity index (χ4n) is 1.39.